The SMILES string of the molecule is Cc1cccc(-c2n[nH]c(=S)n2CC(=O)N2CCc3ccccc3C2)c1. The minimum atomic E-state index is 0.0610. The number of aromatic amines is 1. The molecule has 0 radical (unpaired) electrons. The van der Waals surface area contributed by atoms with Gasteiger partial charge in [-0.25, -0.2) is 0 Å². The molecule has 132 valence electrons. The number of aryl methyl sites for hydroxylation is 1. The zero-order valence-corrected chi connectivity index (χ0v) is 15.4. The van der Waals surface area contributed by atoms with E-state index in [-0.39, 0.29) is 12.5 Å². The molecule has 0 unspecified atom stereocenters. The van der Waals surface area contributed by atoms with Crippen LogP contribution in [0.1, 0.15) is 16.7 Å². The molecule has 0 bridgehead atoms. The molecule has 0 saturated carbocycles. The van der Waals surface area contributed by atoms with Crippen LogP contribution in [-0.4, -0.2) is 32.1 Å². The molecule has 4 rings (SSSR count). The number of rotatable bonds is 3. The summed E-state index contributed by atoms with van der Waals surface area (Å²) in [5, 5.41) is 7.16. The summed E-state index contributed by atoms with van der Waals surface area (Å²) in [6.07, 6.45) is 0.892. The van der Waals surface area contributed by atoms with Crippen LogP contribution in [0.3, 0.4) is 0 Å². The largest absolute Gasteiger partial charge is 0.336 e. The predicted octanol–water partition coefficient (Wildman–Crippen LogP) is 3.50. The Bertz CT molecular complexity index is 1020. The van der Waals surface area contributed by atoms with Gasteiger partial charge in [-0.05, 0) is 42.8 Å². The van der Waals surface area contributed by atoms with Gasteiger partial charge in [0.2, 0.25) is 5.91 Å². The fraction of sp³-hybridized carbons (Fsp3) is 0.250. The van der Waals surface area contributed by atoms with Gasteiger partial charge in [-0.15, -0.1) is 0 Å². The van der Waals surface area contributed by atoms with Crippen molar-refractivity contribution in [3.63, 3.8) is 0 Å². The van der Waals surface area contributed by atoms with E-state index in [0.29, 0.717) is 17.1 Å². The number of carbonyl (C=O) groups excluding carboxylic acids is 1. The molecule has 5 nitrogen and oxygen atoms in total. The van der Waals surface area contributed by atoms with Crippen LogP contribution in [0, 0.1) is 11.7 Å². The second kappa shape index (κ2) is 6.88. The van der Waals surface area contributed by atoms with Gasteiger partial charge in [0.05, 0.1) is 0 Å². The molecule has 0 saturated heterocycles. The Morgan fingerprint density at radius 1 is 1.19 bits per heavy atom. The Kier molecular flexibility index (Phi) is 4.42. The van der Waals surface area contributed by atoms with Gasteiger partial charge >= 0.3 is 0 Å². The van der Waals surface area contributed by atoms with Crippen LogP contribution in [0.2, 0.25) is 0 Å². The van der Waals surface area contributed by atoms with Crippen LogP contribution in [0.5, 0.6) is 0 Å². The number of carbonyl (C=O) groups is 1. The van der Waals surface area contributed by atoms with E-state index in [9.17, 15) is 4.79 Å². The van der Waals surface area contributed by atoms with Crippen LogP contribution in [-0.2, 0) is 24.3 Å². The summed E-state index contributed by atoms with van der Waals surface area (Å²) >= 11 is 5.36. The summed E-state index contributed by atoms with van der Waals surface area (Å²) in [6.45, 7) is 3.62. The minimum absolute atomic E-state index is 0.0610. The molecule has 26 heavy (non-hydrogen) atoms. The van der Waals surface area contributed by atoms with E-state index in [0.717, 1.165) is 24.1 Å². The van der Waals surface area contributed by atoms with Gasteiger partial charge in [-0.3, -0.25) is 14.5 Å². The van der Waals surface area contributed by atoms with Crippen molar-refractivity contribution < 1.29 is 4.79 Å². The lowest BCUT2D eigenvalue weighted by molar-refractivity contribution is -0.132. The monoisotopic (exact) mass is 364 g/mol. The fourth-order valence-electron chi connectivity index (χ4n) is 3.41. The molecule has 1 aliphatic heterocycles. The lowest BCUT2D eigenvalue weighted by Gasteiger charge is -2.29. The van der Waals surface area contributed by atoms with E-state index in [2.05, 4.69) is 28.4 Å². The van der Waals surface area contributed by atoms with Gasteiger partial charge in [-0.1, -0.05) is 48.0 Å². The second-order valence-corrected chi connectivity index (χ2v) is 7.03. The third kappa shape index (κ3) is 3.20. The Balaban J connectivity index is 1.58. The third-order valence-corrected chi connectivity index (χ3v) is 5.12. The summed E-state index contributed by atoms with van der Waals surface area (Å²) in [6, 6.07) is 16.3. The summed E-state index contributed by atoms with van der Waals surface area (Å²) in [7, 11) is 0. The number of nitrogens with zero attached hydrogens (tertiary/aromatic N) is 3. The van der Waals surface area contributed by atoms with Crippen molar-refractivity contribution in [2.75, 3.05) is 6.54 Å². The first-order chi connectivity index (χ1) is 12.6. The van der Waals surface area contributed by atoms with Crippen molar-refractivity contribution in [1.29, 1.82) is 0 Å². The Labute approximate surface area is 157 Å². The van der Waals surface area contributed by atoms with Crippen LogP contribution >= 0.6 is 12.2 Å². The maximum absolute atomic E-state index is 12.9. The Morgan fingerprint density at radius 2 is 2.00 bits per heavy atom. The van der Waals surface area contributed by atoms with E-state index in [1.54, 1.807) is 4.57 Å². The molecule has 1 aliphatic rings. The minimum Gasteiger partial charge on any atom is -0.336 e. The molecule has 0 atom stereocenters. The highest BCUT2D eigenvalue weighted by atomic mass is 32.1. The number of nitrogens with one attached hydrogen (secondary N) is 1. The zero-order chi connectivity index (χ0) is 18.1. The maximum Gasteiger partial charge on any atom is 0.242 e. The van der Waals surface area contributed by atoms with Gasteiger partial charge in [0, 0.05) is 18.7 Å². The molecule has 2 aromatic carbocycles. The molecule has 2 heterocycles. The molecular formula is C20H20N4OS. The molecule has 3 aromatic rings. The van der Waals surface area contributed by atoms with Gasteiger partial charge in [-0.2, -0.15) is 5.10 Å². The molecular weight excluding hydrogens is 344 g/mol. The average Bonchev–Trinajstić information content (AvgIpc) is 3.02. The number of fused-ring (bicyclic) bond motifs is 1. The summed E-state index contributed by atoms with van der Waals surface area (Å²) in [4.78, 5) is 14.8. The van der Waals surface area contributed by atoms with Crippen molar-refractivity contribution in [3.8, 4) is 11.4 Å². The lowest BCUT2D eigenvalue weighted by Crippen LogP contribution is -2.38. The number of hydrogen-bond donors (Lipinski definition) is 1. The van der Waals surface area contributed by atoms with E-state index >= 15 is 0 Å². The topological polar surface area (TPSA) is 53.9 Å². The molecule has 0 fully saturated rings. The van der Waals surface area contributed by atoms with E-state index in [1.165, 1.54) is 11.1 Å². The predicted molar refractivity (Wildman–Crippen MR) is 103 cm³/mol. The highest BCUT2D eigenvalue weighted by Gasteiger charge is 2.22. The van der Waals surface area contributed by atoms with Crippen LogP contribution in [0.15, 0.2) is 48.5 Å². The van der Waals surface area contributed by atoms with Crippen LogP contribution < -0.4 is 0 Å². The normalized spacial score (nSPS) is 13.5. The molecule has 1 amide bonds. The molecule has 0 spiro atoms. The summed E-state index contributed by atoms with van der Waals surface area (Å²) in [5.74, 6) is 0.760. The zero-order valence-electron chi connectivity index (χ0n) is 14.6. The summed E-state index contributed by atoms with van der Waals surface area (Å²) < 4.78 is 2.25. The van der Waals surface area contributed by atoms with E-state index in [4.69, 9.17) is 12.2 Å². The highest BCUT2D eigenvalue weighted by Crippen LogP contribution is 2.21. The standard InChI is InChI=1S/C20H20N4OS/c1-14-5-4-8-16(11-14)19-21-22-20(26)24(19)13-18(25)23-10-9-15-6-2-3-7-17(15)12-23/h2-8,11H,9-10,12-13H2,1H3,(H,22,26). The number of amides is 1. The van der Waals surface area contributed by atoms with Crippen LogP contribution in [0.4, 0.5) is 0 Å². The van der Waals surface area contributed by atoms with Crippen molar-refractivity contribution >= 4 is 18.1 Å². The molecule has 1 aromatic heterocycles. The molecule has 0 aliphatic carbocycles. The fourth-order valence-corrected chi connectivity index (χ4v) is 3.61. The lowest BCUT2D eigenvalue weighted by atomic mass is 10.00. The maximum atomic E-state index is 12.9. The number of benzene rings is 2. The Hall–Kier alpha value is -2.73. The van der Waals surface area contributed by atoms with Crippen molar-refractivity contribution in [2.45, 2.75) is 26.4 Å². The molecule has 1 N–H and O–H groups in total. The first-order valence-corrected chi connectivity index (χ1v) is 9.09. The van der Waals surface area contributed by atoms with Gasteiger partial charge in [0.1, 0.15) is 6.54 Å². The van der Waals surface area contributed by atoms with E-state index in [1.807, 2.05) is 42.2 Å². The quantitative estimate of drug-likeness (QED) is 0.724. The van der Waals surface area contributed by atoms with E-state index < -0.39 is 0 Å². The highest BCUT2D eigenvalue weighted by molar-refractivity contribution is 7.71. The van der Waals surface area contributed by atoms with Gasteiger partial charge in [0.15, 0.2) is 10.6 Å². The second-order valence-electron chi connectivity index (χ2n) is 6.64. The van der Waals surface area contributed by atoms with Crippen molar-refractivity contribution in [1.82, 2.24) is 19.7 Å². The Morgan fingerprint density at radius 3 is 2.81 bits per heavy atom. The average molecular weight is 364 g/mol. The van der Waals surface area contributed by atoms with Gasteiger partial charge < -0.3 is 4.90 Å². The summed E-state index contributed by atoms with van der Waals surface area (Å²) in [5.41, 5.74) is 4.65. The van der Waals surface area contributed by atoms with Crippen LogP contribution in [0.25, 0.3) is 11.4 Å². The third-order valence-electron chi connectivity index (χ3n) is 4.81. The van der Waals surface area contributed by atoms with Gasteiger partial charge in [0.25, 0.3) is 0 Å². The number of aromatic nitrogens is 3. The van der Waals surface area contributed by atoms with Crippen molar-refractivity contribution in [2.24, 2.45) is 0 Å². The number of H-pyrrole nitrogens is 1. The first kappa shape index (κ1) is 16.7. The first-order valence-electron chi connectivity index (χ1n) is 8.68. The van der Waals surface area contributed by atoms with Crippen molar-refractivity contribution in [3.05, 3.63) is 70.0 Å². The number of hydrogen-bond acceptors (Lipinski definition) is 3. The smallest absolute Gasteiger partial charge is 0.242 e. The molecule has 6 heteroatoms.